The molecule has 4 aliphatic rings. The number of carbonyl (C=O) groups excluding carboxylic acids is 4. The lowest BCUT2D eigenvalue weighted by Gasteiger charge is -2.36. The molecule has 4 amide bonds. The van der Waals surface area contributed by atoms with E-state index < -0.39 is 67.2 Å². The van der Waals surface area contributed by atoms with Crippen molar-refractivity contribution in [3.05, 3.63) is 34.6 Å². The Bertz CT molecular complexity index is 2390. The van der Waals surface area contributed by atoms with Crippen LogP contribution in [-0.2, 0) is 42.0 Å². The number of amides is 4. The third-order valence-corrected chi connectivity index (χ3v) is 17.1. The van der Waals surface area contributed by atoms with Crippen molar-refractivity contribution >= 4 is 56.2 Å². The van der Waals surface area contributed by atoms with Gasteiger partial charge in [-0.25, -0.2) is 23.2 Å². The highest BCUT2D eigenvalue weighted by Gasteiger charge is 2.63. The predicted molar refractivity (Wildman–Crippen MR) is 250 cm³/mol. The van der Waals surface area contributed by atoms with Gasteiger partial charge in [-0.1, -0.05) is 73.3 Å². The summed E-state index contributed by atoms with van der Waals surface area (Å²) in [6, 6.07) is 4.21. The van der Waals surface area contributed by atoms with Crippen molar-refractivity contribution in [1.29, 1.82) is 0 Å². The smallest absolute Gasteiger partial charge is 0.408 e. The van der Waals surface area contributed by atoms with E-state index >= 15 is 0 Å². The Morgan fingerprint density at radius 2 is 1.70 bits per heavy atom. The molecule has 0 unspecified atom stereocenters. The molecule has 1 saturated heterocycles. The van der Waals surface area contributed by atoms with Gasteiger partial charge in [0.05, 0.1) is 21.5 Å². The highest BCUT2D eigenvalue weighted by Crippen LogP contribution is 2.50. The molecule has 0 radical (unpaired) electrons. The van der Waals surface area contributed by atoms with E-state index in [9.17, 15) is 27.6 Å². The van der Waals surface area contributed by atoms with Crippen molar-refractivity contribution in [1.82, 2.24) is 34.8 Å². The molecule has 4 heterocycles. The lowest BCUT2D eigenvalue weighted by Crippen LogP contribution is -2.60. The summed E-state index contributed by atoms with van der Waals surface area (Å²) in [5.74, 6) is -1.13. The lowest BCUT2D eigenvalue weighted by atomic mass is 9.85. The van der Waals surface area contributed by atoms with Gasteiger partial charge in [0.25, 0.3) is 5.91 Å². The van der Waals surface area contributed by atoms with Crippen molar-refractivity contribution in [2.75, 3.05) is 6.54 Å². The number of imidazole rings is 1. The van der Waals surface area contributed by atoms with Gasteiger partial charge >= 0.3 is 6.09 Å². The van der Waals surface area contributed by atoms with Gasteiger partial charge in [-0.05, 0) is 115 Å². The minimum absolute atomic E-state index is 0.0442. The molecule has 5 atom stereocenters. The number of hydrogen-bond donors (Lipinski definition) is 3. The number of ether oxygens (including phenoxy) is 1. The number of sulfonamides is 1. The number of fused-ring (bicyclic) bond motifs is 6. The molecule has 64 heavy (non-hydrogen) atoms. The second-order valence-electron chi connectivity index (χ2n) is 21.7. The molecular formula is C48H71N7O7S2. The minimum Gasteiger partial charge on any atom is -0.444 e. The average Bonchev–Trinajstić information content (AvgIpc) is 3.96. The monoisotopic (exact) mass is 921 g/mol. The maximum Gasteiger partial charge on any atom is 0.408 e. The number of nitrogens with one attached hydrogen (secondary N) is 3. The van der Waals surface area contributed by atoms with Crippen LogP contribution >= 0.6 is 11.3 Å². The molecule has 1 aromatic carbocycles. The average molecular weight is 922 g/mol. The first-order chi connectivity index (χ1) is 29.9. The number of para-hydroxylation sites is 1. The van der Waals surface area contributed by atoms with E-state index in [0.717, 1.165) is 65.2 Å². The van der Waals surface area contributed by atoms with Crippen LogP contribution in [0.5, 0.6) is 0 Å². The van der Waals surface area contributed by atoms with Gasteiger partial charge < -0.3 is 24.8 Å². The van der Waals surface area contributed by atoms with Gasteiger partial charge in [0.1, 0.15) is 34.1 Å². The van der Waals surface area contributed by atoms with Gasteiger partial charge in [-0.2, -0.15) is 0 Å². The zero-order chi connectivity index (χ0) is 46.7. The quantitative estimate of drug-likeness (QED) is 0.227. The fraction of sp³-hybridized carbons (Fsp3) is 0.708. The molecule has 2 aromatic heterocycles. The molecule has 7 rings (SSSR count). The number of nitrogens with zero attached hydrogens (tertiary/aromatic N) is 4. The summed E-state index contributed by atoms with van der Waals surface area (Å²) in [6.07, 6.45) is 6.66. The van der Waals surface area contributed by atoms with Crippen molar-refractivity contribution in [2.45, 2.75) is 193 Å². The number of hydrogen-bond acceptors (Lipinski definition) is 10. The Morgan fingerprint density at radius 3 is 2.31 bits per heavy atom. The zero-order valence-electron chi connectivity index (χ0n) is 39.9. The number of likely N-dealkylation sites (tertiary alicyclic amines) is 1. The van der Waals surface area contributed by atoms with E-state index in [1.807, 2.05) is 27.7 Å². The molecule has 16 heteroatoms. The number of rotatable bonds is 5. The van der Waals surface area contributed by atoms with Crippen molar-refractivity contribution in [3.8, 4) is 10.6 Å². The van der Waals surface area contributed by atoms with Gasteiger partial charge in [-0.15, -0.1) is 11.3 Å². The van der Waals surface area contributed by atoms with Gasteiger partial charge in [0, 0.05) is 29.4 Å². The number of benzene rings is 1. The topological polar surface area (TPSA) is 182 Å². The Morgan fingerprint density at radius 1 is 1.00 bits per heavy atom. The van der Waals surface area contributed by atoms with Crippen LogP contribution in [-0.4, -0.2) is 86.2 Å². The molecule has 352 valence electrons. The number of aromatic nitrogens is 3. The van der Waals surface area contributed by atoms with Crippen LogP contribution in [0.3, 0.4) is 0 Å². The van der Waals surface area contributed by atoms with E-state index in [4.69, 9.17) is 14.7 Å². The number of carbonyl (C=O) groups is 4. The summed E-state index contributed by atoms with van der Waals surface area (Å²) < 4.78 is 37.3. The molecule has 6 bridgehead atoms. The molecule has 2 aliphatic heterocycles. The molecular weight excluding hydrogens is 851 g/mol. The highest BCUT2D eigenvalue weighted by atomic mass is 32.2. The van der Waals surface area contributed by atoms with Crippen molar-refractivity contribution in [2.24, 2.45) is 17.3 Å². The standard InChI is InChI=1S/C48H71N7O7S2/c1-12-31-26-48(31)43(58)53-64(60,61)47(22-23-47)21-16-14-13-15-20-35-37(28(2)3)50-41(63-35)32-18-17-19-33-38(32)49-36(55(33)29(4)5)25-30-24-34(40(56)52-48)54(27-30)42(57)39(45(6,7)8)51-44(59)62-46(9,10)11/h17-19,28-31,34,39H,12-16,20-27H2,1-11H3,(H,51,59)(H,52,56)(H,53,58)/t30-,31+,34-,39+,48+/m0/s1. The summed E-state index contributed by atoms with van der Waals surface area (Å²) in [4.78, 5) is 70.7. The number of alkyl carbamates (subject to hydrolysis) is 1. The third kappa shape index (κ3) is 9.60. The SMILES string of the molecule is CC[C@@H]1C[C@@]12NC(=O)[C@@H]1C[C@@H](Cc3nc4c(cccc4n3C(C)C)-c3nc(C(C)C)c(s3)CCCCCCC3(CC3)S(=O)(=O)NC2=O)CN1C(=O)[C@@H](NC(=O)OC(C)(C)C)C(C)(C)C. The summed E-state index contributed by atoms with van der Waals surface area (Å²) >= 11 is 1.72. The predicted octanol–water partition coefficient (Wildman–Crippen LogP) is 8.33. The first kappa shape index (κ1) is 47.9. The van der Waals surface area contributed by atoms with Gasteiger partial charge in [0.2, 0.25) is 21.8 Å². The molecule has 2 spiro atoms. The number of aryl methyl sites for hydroxylation is 1. The Hall–Kier alpha value is -4.05. The zero-order valence-corrected chi connectivity index (χ0v) is 41.5. The van der Waals surface area contributed by atoms with Crippen LogP contribution in [0.1, 0.15) is 169 Å². The van der Waals surface area contributed by atoms with Crippen molar-refractivity contribution < 1.29 is 32.3 Å². The molecule has 14 nitrogen and oxygen atoms in total. The maximum absolute atomic E-state index is 14.9. The highest BCUT2D eigenvalue weighted by molar-refractivity contribution is 7.91. The lowest BCUT2D eigenvalue weighted by molar-refractivity contribution is -0.143. The van der Waals surface area contributed by atoms with E-state index in [1.54, 1.807) is 32.1 Å². The summed E-state index contributed by atoms with van der Waals surface area (Å²) in [5.41, 5.74) is 0.897. The number of thiazole rings is 1. The first-order valence-corrected chi connectivity index (χ1v) is 25.9. The first-order valence-electron chi connectivity index (χ1n) is 23.6. The van der Waals surface area contributed by atoms with Gasteiger partial charge in [0.15, 0.2) is 0 Å². The van der Waals surface area contributed by atoms with Crippen molar-refractivity contribution in [3.63, 3.8) is 0 Å². The summed E-state index contributed by atoms with van der Waals surface area (Å²) in [6.45, 7) is 21.5. The van der Waals surface area contributed by atoms with E-state index in [1.165, 1.54) is 9.78 Å². The second-order valence-corrected chi connectivity index (χ2v) is 24.9. The Balaban J connectivity index is 1.30. The molecule has 3 N–H and O–H groups in total. The second kappa shape index (κ2) is 17.6. The molecule has 3 aromatic rings. The fourth-order valence-corrected chi connectivity index (χ4v) is 13.0. The van der Waals surface area contributed by atoms with Gasteiger partial charge in [-0.3, -0.25) is 19.1 Å². The van der Waals surface area contributed by atoms with E-state index in [-0.39, 0.29) is 43.2 Å². The largest absolute Gasteiger partial charge is 0.444 e. The molecule has 2 saturated carbocycles. The maximum atomic E-state index is 14.9. The Labute approximate surface area is 383 Å². The molecule has 3 fully saturated rings. The van der Waals surface area contributed by atoms with Crippen LogP contribution in [0.15, 0.2) is 18.2 Å². The van der Waals surface area contributed by atoms with E-state index in [2.05, 4.69) is 65.8 Å². The normalized spacial score (nSPS) is 25.6. The van der Waals surface area contributed by atoms with E-state index in [0.29, 0.717) is 32.1 Å². The van der Waals surface area contributed by atoms with Crippen LogP contribution in [0, 0.1) is 17.3 Å². The van der Waals surface area contributed by atoms with Crippen LogP contribution in [0.2, 0.25) is 0 Å². The summed E-state index contributed by atoms with van der Waals surface area (Å²) in [7, 11) is -4.05. The third-order valence-electron chi connectivity index (χ3n) is 13.8. The van der Waals surface area contributed by atoms with Crippen LogP contribution in [0.4, 0.5) is 4.79 Å². The Kier molecular flexibility index (Phi) is 13.2. The summed E-state index contributed by atoms with van der Waals surface area (Å²) in [5, 5.41) is 6.78. The van der Waals surface area contributed by atoms with Crippen LogP contribution in [0.25, 0.3) is 21.6 Å². The van der Waals surface area contributed by atoms with Crippen LogP contribution < -0.4 is 15.4 Å². The molecule has 2 aliphatic carbocycles. The fourth-order valence-electron chi connectivity index (χ4n) is 10.0. The minimum atomic E-state index is -4.05.